The van der Waals surface area contributed by atoms with Crippen molar-refractivity contribution in [3.05, 3.63) is 59.0 Å². The first kappa shape index (κ1) is 12.6. The van der Waals surface area contributed by atoms with Crippen LogP contribution < -0.4 is 5.32 Å². The van der Waals surface area contributed by atoms with Crippen molar-refractivity contribution in [1.29, 1.82) is 0 Å². The molecule has 1 aromatic carbocycles. The molecule has 0 fully saturated rings. The highest BCUT2D eigenvalue weighted by atomic mass is 32.1. The minimum Gasteiger partial charge on any atom is -0.321 e. The van der Waals surface area contributed by atoms with Gasteiger partial charge in [0.05, 0.1) is 11.1 Å². The quantitative estimate of drug-likeness (QED) is 0.800. The zero-order chi connectivity index (χ0) is 13.9. The van der Waals surface area contributed by atoms with E-state index in [1.807, 2.05) is 55.0 Å². The predicted molar refractivity (Wildman–Crippen MR) is 80.9 cm³/mol. The largest absolute Gasteiger partial charge is 0.321 e. The average Bonchev–Trinajstić information content (AvgIpc) is 3.10. The number of carbonyl (C=O) groups is 1. The Labute approximate surface area is 120 Å². The topological polar surface area (TPSA) is 46.9 Å². The Morgan fingerprint density at radius 3 is 2.85 bits per heavy atom. The molecule has 0 radical (unpaired) electrons. The number of carbonyl (C=O) groups excluding carboxylic acids is 1. The van der Waals surface area contributed by atoms with Crippen LogP contribution in [0, 0.1) is 0 Å². The van der Waals surface area contributed by atoms with Gasteiger partial charge in [-0.25, -0.2) is 0 Å². The van der Waals surface area contributed by atoms with Crippen molar-refractivity contribution in [2.75, 3.05) is 5.32 Å². The fraction of sp³-hybridized carbons (Fsp3) is 0.0667. The fourth-order valence-electron chi connectivity index (χ4n) is 1.95. The van der Waals surface area contributed by atoms with Crippen LogP contribution >= 0.6 is 11.3 Å². The Balaban J connectivity index is 1.83. The van der Waals surface area contributed by atoms with Crippen LogP contribution in [0.2, 0.25) is 0 Å². The summed E-state index contributed by atoms with van der Waals surface area (Å²) < 4.78 is 1.76. The molecule has 20 heavy (non-hydrogen) atoms. The van der Waals surface area contributed by atoms with Crippen molar-refractivity contribution in [2.24, 2.45) is 7.05 Å². The van der Waals surface area contributed by atoms with Gasteiger partial charge >= 0.3 is 0 Å². The zero-order valence-corrected chi connectivity index (χ0v) is 11.7. The Kier molecular flexibility index (Phi) is 3.35. The summed E-state index contributed by atoms with van der Waals surface area (Å²) in [6, 6.07) is 11.4. The Hall–Kier alpha value is -2.40. The number of anilines is 1. The van der Waals surface area contributed by atoms with Crippen LogP contribution in [0.15, 0.2) is 54.2 Å². The summed E-state index contributed by atoms with van der Waals surface area (Å²) in [7, 11) is 1.88. The van der Waals surface area contributed by atoms with Gasteiger partial charge in [0.15, 0.2) is 0 Å². The summed E-state index contributed by atoms with van der Waals surface area (Å²) in [4.78, 5) is 12.7. The lowest BCUT2D eigenvalue weighted by Crippen LogP contribution is -2.09. The predicted octanol–water partition coefficient (Wildman–Crippen LogP) is 3.40. The molecule has 0 aliphatic heterocycles. The number of aromatic nitrogens is 2. The standard InChI is InChI=1S/C15H13N3OS/c1-18-10-12(9-16-18)11-4-2-5-13(8-11)17-15(19)14-6-3-7-20-14/h2-10H,1H3,(H,17,19). The van der Waals surface area contributed by atoms with Crippen molar-refractivity contribution < 1.29 is 4.79 Å². The van der Waals surface area contributed by atoms with Crippen LogP contribution in [-0.4, -0.2) is 15.7 Å². The van der Waals surface area contributed by atoms with E-state index in [1.165, 1.54) is 11.3 Å². The number of nitrogens with one attached hydrogen (secondary N) is 1. The molecular formula is C15H13N3OS. The first-order chi connectivity index (χ1) is 9.72. The van der Waals surface area contributed by atoms with Gasteiger partial charge in [0, 0.05) is 24.5 Å². The lowest BCUT2D eigenvalue weighted by Gasteiger charge is -2.05. The lowest BCUT2D eigenvalue weighted by molar-refractivity contribution is 0.103. The van der Waals surface area contributed by atoms with E-state index in [0.717, 1.165) is 16.8 Å². The van der Waals surface area contributed by atoms with Gasteiger partial charge in [-0.05, 0) is 29.1 Å². The van der Waals surface area contributed by atoms with Crippen LogP contribution in [0.4, 0.5) is 5.69 Å². The highest BCUT2D eigenvalue weighted by Crippen LogP contribution is 2.22. The SMILES string of the molecule is Cn1cc(-c2cccc(NC(=O)c3cccs3)c2)cn1. The summed E-state index contributed by atoms with van der Waals surface area (Å²) in [5, 5.41) is 8.95. The Morgan fingerprint density at radius 2 is 2.15 bits per heavy atom. The number of nitrogens with zero attached hydrogens (tertiary/aromatic N) is 2. The van der Waals surface area contributed by atoms with Crippen molar-refractivity contribution in [3.63, 3.8) is 0 Å². The van der Waals surface area contributed by atoms with Crippen LogP contribution in [0.5, 0.6) is 0 Å². The van der Waals surface area contributed by atoms with E-state index in [9.17, 15) is 4.79 Å². The zero-order valence-electron chi connectivity index (χ0n) is 10.9. The molecule has 1 N–H and O–H groups in total. The number of thiophene rings is 1. The first-order valence-corrected chi connectivity index (χ1v) is 7.04. The van der Waals surface area contributed by atoms with Gasteiger partial charge in [-0.2, -0.15) is 5.10 Å². The molecule has 0 aliphatic carbocycles. The van der Waals surface area contributed by atoms with Gasteiger partial charge in [-0.3, -0.25) is 9.48 Å². The van der Waals surface area contributed by atoms with Crippen LogP contribution in [0.3, 0.4) is 0 Å². The van der Waals surface area contributed by atoms with Gasteiger partial charge in [0.2, 0.25) is 0 Å². The first-order valence-electron chi connectivity index (χ1n) is 6.16. The number of aryl methyl sites for hydroxylation is 1. The summed E-state index contributed by atoms with van der Waals surface area (Å²) in [6.45, 7) is 0. The van der Waals surface area contributed by atoms with Crippen molar-refractivity contribution in [3.8, 4) is 11.1 Å². The third kappa shape index (κ3) is 2.62. The number of hydrogen-bond donors (Lipinski definition) is 1. The van der Waals surface area contributed by atoms with Crippen LogP contribution in [0.25, 0.3) is 11.1 Å². The Morgan fingerprint density at radius 1 is 1.25 bits per heavy atom. The maximum atomic E-state index is 12.0. The normalized spacial score (nSPS) is 10.4. The maximum absolute atomic E-state index is 12.0. The molecule has 100 valence electrons. The maximum Gasteiger partial charge on any atom is 0.265 e. The van der Waals surface area contributed by atoms with Gasteiger partial charge in [-0.1, -0.05) is 18.2 Å². The molecule has 2 heterocycles. The third-order valence-electron chi connectivity index (χ3n) is 2.90. The molecular weight excluding hydrogens is 270 g/mol. The second-order valence-electron chi connectivity index (χ2n) is 4.41. The Bertz CT molecular complexity index is 731. The van der Waals surface area contributed by atoms with E-state index in [0.29, 0.717) is 4.88 Å². The van der Waals surface area contributed by atoms with E-state index >= 15 is 0 Å². The molecule has 3 rings (SSSR count). The molecule has 1 amide bonds. The molecule has 0 saturated carbocycles. The second-order valence-corrected chi connectivity index (χ2v) is 5.36. The third-order valence-corrected chi connectivity index (χ3v) is 3.77. The lowest BCUT2D eigenvalue weighted by atomic mass is 10.1. The second kappa shape index (κ2) is 5.30. The van der Waals surface area contributed by atoms with Gasteiger partial charge < -0.3 is 5.32 Å². The van der Waals surface area contributed by atoms with Crippen LogP contribution in [0.1, 0.15) is 9.67 Å². The van der Waals surface area contributed by atoms with Crippen molar-refractivity contribution in [2.45, 2.75) is 0 Å². The average molecular weight is 283 g/mol. The van der Waals surface area contributed by atoms with Crippen molar-refractivity contribution >= 4 is 22.9 Å². The molecule has 0 spiro atoms. The molecule has 0 saturated heterocycles. The number of hydrogen-bond acceptors (Lipinski definition) is 3. The van der Waals surface area contributed by atoms with Crippen molar-refractivity contribution in [1.82, 2.24) is 9.78 Å². The molecule has 5 heteroatoms. The monoisotopic (exact) mass is 283 g/mol. The minimum atomic E-state index is -0.0802. The van der Waals surface area contributed by atoms with Gasteiger partial charge in [0.1, 0.15) is 0 Å². The fourth-order valence-corrected chi connectivity index (χ4v) is 2.57. The van der Waals surface area contributed by atoms with E-state index in [-0.39, 0.29) is 5.91 Å². The molecule has 0 bridgehead atoms. The summed E-state index contributed by atoms with van der Waals surface area (Å²) in [6.07, 6.45) is 3.75. The molecule has 2 aromatic heterocycles. The highest BCUT2D eigenvalue weighted by molar-refractivity contribution is 7.12. The van der Waals surface area contributed by atoms with Gasteiger partial charge in [0.25, 0.3) is 5.91 Å². The number of rotatable bonds is 3. The van der Waals surface area contributed by atoms with E-state index in [1.54, 1.807) is 10.9 Å². The number of benzene rings is 1. The summed E-state index contributed by atoms with van der Waals surface area (Å²) in [5.74, 6) is -0.0802. The van der Waals surface area contributed by atoms with E-state index < -0.39 is 0 Å². The van der Waals surface area contributed by atoms with E-state index in [4.69, 9.17) is 0 Å². The molecule has 0 unspecified atom stereocenters. The summed E-state index contributed by atoms with van der Waals surface area (Å²) in [5.41, 5.74) is 2.84. The molecule has 0 aliphatic rings. The minimum absolute atomic E-state index is 0.0802. The molecule has 4 nitrogen and oxygen atoms in total. The van der Waals surface area contributed by atoms with Crippen LogP contribution in [-0.2, 0) is 7.05 Å². The molecule has 3 aromatic rings. The number of amides is 1. The van der Waals surface area contributed by atoms with Gasteiger partial charge in [-0.15, -0.1) is 11.3 Å². The highest BCUT2D eigenvalue weighted by Gasteiger charge is 2.07. The molecule has 0 atom stereocenters. The van der Waals surface area contributed by atoms with E-state index in [2.05, 4.69) is 10.4 Å². The smallest absolute Gasteiger partial charge is 0.265 e. The summed E-state index contributed by atoms with van der Waals surface area (Å²) >= 11 is 1.43.